The van der Waals surface area contributed by atoms with Gasteiger partial charge in [0.1, 0.15) is 6.61 Å². The number of hydrogen-bond donors (Lipinski definition) is 1. The Kier molecular flexibility index (Phi) is 6.35. The molecule has 1 heterocycles. The Balaban J connectivity index is 1.32. The van der Waals surface area contributed by atoms with Crippen LogP contribution in [0.5, 0.6) is 11.5 Å². The molecule has 1 aliphatic carbocycles. The maximum atomic E-state index is 5.70. The Morgan fingerprint density at radius 1 is 1.06 bits per heavy atom. The van der Waals surface area contributed by atoms with Crippen molar-refractivity contribution in [2.75, 3.05) is 18.5 Å². The van der Waals surface area contributed by atoms with Gasteiger partial charge in [-0.1, -0.05) is 48.4 Å². The number of fused-ring (bicyclic) bond motifs is 3. The third kappa shape index (κ3) is 4.43. The number of allylic oxidation sites excluding steroid dienone is 2. The van der Waals surface area contributed by atoms with Crippen molar-refractivity contribution >= 4 is 17.6 Å². The van der Waals surface area contributed by atoms with Gasteiger partial charge in [0, 0.05) is 17.8 Å². The van der Waals surface area contributed by atoms with Gasteiger partial charge in [0.05, 0.1) is 18.3 Å². The van der Waals surface area contributed by atoms with Gasteiger partial charge >= 0.3 is 0 Å². The molecule has 0 saturated heterocycles. The Morgan fingerprint density at radius 3 is 2.74 bits per heavy atom. The smallest absolute Gasteiger partial charge is 0.162 e. The molecule has 0 saturated carbocycles. The number of nitrogens with one attached hydrogen (secondary N) is 1. The maximum Gasteiger partial charge on any atom is 0.162 e. The first kappa shape index (κ1) is 21.9. The lowest BCUT2D eigenvalue weighted by atomic mass is 9.77. The maximum absolute atomic E-state index is 5.70. The van der Waals surface area contributed by atoms with Crippen LogP contribution in [0.3, 0.4) is 0 Å². The zero-order valence-corrected chi connectivity index (χ0v) is 19.3. The van der Waals surface area contributed by atoms with Gasteiger partial charge in [-0.15, -0.1) is 6.42 Å². The summed E-state index contributed by atoms with van der Waals surface area (Å²) >= 11 is 0. The van der Waals surface area contributed by atoms with Crippen LogP contribution in [0.1, 0.15) is 42.0 Å². The van der Waals surface area contributed by atoms with E-state index in [4.69, 9.17) is 15.9 Å². The molecule has 170 valence electrons. The summed E-state index contributed by atoms with van der Waals surface area (Å²) in [6.45, 7) is 2.70. The van der Waals surface area contributed by atoms with Crippen LogP contribution in [-0.4, -0.2) is 19.4 Å². The summed E-state index contributed by atoms with van der Waals surface area (Å²) in [6, 6.07) is 23.2. The fraction of sp³-hybridized carbons (Fsp3) is 0.233. The van der Waals surface area contributed by atoms with E-state index in [0.29, 0.717) is 29.9 Å². The number of para-hydroxylation sites is 1. The van der Waals surface area contributed by atoms with Crippen LogP contribution in [0.4, 0.5) is 11.4 Å². The van der Waals surface area contributed by atoms with E-state index >= 15 is 0 Å². The second-order valence-corrected chi connectivity index (χ2v) is 8.54. The lowest BCUT2D eigenvalue weighted by molar-refractivity contribution is 0.299. The predicted molar refractivity (Wildman–Crippen MR) is 138 cm³/mol. The molecule has 0 fully saturated rings. The molecule has 0 spiro atoms. The molecule has 0 radical (unpaired) electrons. The third-order valence-corrected chi connectivity index (χ3v) is 6.47. The number of benzene rings is 3. The lowest BCUT2D eigenvalue weighted by Crippen LogP contribution is -2.28. The number of terminal acetylenes is 1. The third-order valence-electron chi connectivity index (χ3n) is 6.47. The zero-order chi connectivity index (χ0) is 23.3. The van der Waals surface area contributed by atoms with Crippen LogP contribution in [0.25, 0.3) is 0 Å². The summed E-state index contributed by atoms with van der Waals surface area (Å²) in [5, 5.41) is 3.78. The fourth-order valence-corrected chi connectivity index (χ4v) is 4.90. The Bertz CT molecular complexity index is 1250. The van der Waals surface area contributed by atoms with Gasteiger partial charge in [0.2, 0.25) is 0 Å². The van der Waals surface area contributed by atoms with Crippen molar-refractivity contribution in [3.63, 3.8) is 0 Å². The molecule has 0 bridgehead atoms. The quantitative estimate of drug-likeness (QED) is 0.249. The minimum atomic E-state index is 0.207. The van der Waals surface area contributed by atoms with Gasteiger partial charge in [-0.2, -0.15) is 0 Å². The molecule has 3 aromatic rings. The second kappa shape index (κ2) is 9.89. The highest BCUT2D eigenvalue weighted by Crippen LogP contribution is 2.49. The Morgan fingerprint density at radius 2 is 1.91 bits per heavy atom. The van der Waals surface area contributed by atoms with Crippen molar-refractivity contribution in [3.8, 4) is 23.8 Å². The van der Waals surface area contributed by atoms with Crippen molar-refractivity contribution < 1.29 is 9.47 Å². The van der Waals surface area contributed by atoms with Gasteiger partial charge in [-0.3, -0.25) is 4.99 Å². The monoisotopic (exact) mass is 448 g/mol. The summed E-state index contributed by atoms with van der Waals surface area (Å²) in [5.41, 5.74) is 5.78. The summed E-state index contributed by atoms with van der Waals surface area (Å²) in [7, 11) is 0. The number of rotatable bonds is 7. The molecule has 0 aromatic heterocycles. The highest BCUT2D eigenvalue weighted by molar-refractivity contribution is 5.83. The minimum absolute atomic E-state index is 0.207. The minimum Gasteiger partial charge on any atom is -0.490 e. The molecule has 4 heteroatoms. The average Bonchev–Trinajstić information content (AvgIpc) is 3.37. The van der Waals surface area contributed by atoms with E-state index in [0.717, 1.165) is 17.7 Å². The van der Waals surface area contributed by atoms with Crippen molar-refractivity contribution in [2.24, 2.45) is 10.9 Å². The average molecular weight is 449 g/mol. The molecule has 34 heavy (non-hydrogen) atoms. The van der Waals surface area contributed by atoms with Crippen LogP contribution in [0, 0.1) is 18.3 Å². The molecule has 1 aliphatic heterocycles. The molecular weight excluding hydrogens is 420 g/mol. The number of nitrogens with zero attached hydrogens (tertiary/aromatic N) is 1. The largest absolute Gasteiger partial charge is 0.490 e. The molecule has 4 nitrogen and oxygen atoms in total. The van der Waals surface area contributed by atoms with E-state index < -0.39 is 0 Å². The van der Waals surface area contributed by atoms with Crippen LogP contribution >= 0.6 is 0 Å². The zero-order valence-electron chi connectivity index (χ0n) is 19.3. The highest BCUT2D eigenvalue weighted by Gasteiger charge is 2.37. The number of anilines is 1. The van der Waals surface area contributed by atoms with Crippen molar-refractivity contribution in [2.45, 2.75) is 25.3 Å². The molecule has 1 N–H and O–H groups in total. The lowest BCUT2D eigenvalue weighted by Gasteiger charge is -2.37. The molecule has 3 atom stereocenters. The molecule has 0 unspecified atom stereocenters. The van der Waals surface area contributed by atoms with Crippen LogP contribution in [0.15, 0.2) is 83.9 Å². The van der Waals surface area contributed by atoms with Gasteiger partial charge in [-0.25, -0.2) is 0 Å². The number of ether oxygens (including phenoxy) is 2. The second-order valence-electron chi connectivity index (χ2n) is 8.54. The Hall–Kier alpha value is -3.97. The van der Waals surface area contributed by atoms with Crippen LogP contribution < -0.4 is 14.8 Å². The molecule has 0 amide bonds. The van der Waals surface area contributed by atoms with E-state index in [9.17, 15) is 0 Å². The molecular formula is C30H28N2O2. The van der Waals surface area contributed by atoms with Crippen molar-refractivity contribution in [1.82, 2.24) is 0 Å². The van der Waals surface area contributed by atoms with E-state index in [-0.39, 0.29) is 12.6 Å². The first-order valence-electron chi connectivity index (χ1n) is 11.8. The normalized spacial score (nSPS) is 20.3. The topological polar surface area (TPSA) is 42.8 Å². The summed E-state index contributed by atoms with van der Waals surface area (Å²) in [6.07, 6.45) is 12.9. The van der Waals surface area contributed by atoms with E-state index in [1.807, 2.05) is 31.3 Å². The standard InChI is InChI=1S/C30H28N2O2/c1-3-18-34-28-17-12-21(19-29(28)33-4-2)20-31-23-15-13-22(14-16-23)30-26-10-7-9-24(26)25-8-5-6-11-27(25)32-30/h1,5-9,11-17,19-20,24,26,30,32H,4,10,18H2,2H3/t24-,26+,30-/m0/s1. The van der Waals surface area contributed by atoms with Crippen molar-refractivity contribution in [1.29, 1.82) is 0 Å². The van der Waals surface area contributed by atoms with Crippen LogP contribution in [0.2, 0.25) is 0 Å². The Labute approximate surface area is 201 Å². The van der Waals surface area contributed by atoms with Crippen molar-refractivity contribution in [3.05, 3.63) is 95.6 Å². The van der Waals surface area contributed by atoms with Crippen LogP contribution in [-0.2, 0) is 0 Å². The first-order chi connectivity index (χ1) is 16.8. The summed E-state index contributed by atoms with van der Waals surface area (Å²) in [4.78, 5) is 4.67. The predicted octanol–water partition coefficient (Wildman–Crippen LogP) is 6.67. The molecule has 2 aliphatic rings. The van der Waals surface area contributed by atoms with Gasteiger partial charge in [0.25, 0.3) is 0 Å². The fourth-order valence-electron chi connectivity index (χ4n) is 4.90. The molecule has 3 aromatic carbocycles. The first-order valence-corrected chi connectivity index (χ1v) is 11.8. The SMILES string of the molecule is C#CCOc1ccc(C=Nc2ccc([C@@H]3Nc4ccccc4[C@@H]4C=CC[C@H]43)cc2)cc1OCC. The van der Waals surface area contributed by atoms with Gasteiger partial charge in [0.15, 0.2) is 11.5 Å². The summed E-state index contributed by atoms with van der Waals surface area (Å²) in [5.74, 6) is 4.81. The van der Waals surface area contributed by atoms with E-state index in [1.54, 1.807) is 0 Å². The van der Waals surface area contributed by atoms with E-state index in [2.05, 4.69) is 76.9 Å². The number of hydrogen-bond acceptors (Lipinski definition) is 4. The van der Waals surface area contributed by atoms with E-state index in [1.165, 1.54) is 16.8 Å². The van der Waals surface area contributed by atoms with Gasteiger partial charge in [-0.05, 0) is 72.4 Å². The van der Waals surface area contributed by atoms with Gasteiger partial charge < -0.3 is 14.8 Å². The number of aliphatic imine (C=N–C) groups is 1. The molecule has 5 rings (SSSR count). The highest BCUT2D eigenvalue weighted by atomic mass is 16.5. The summed E-state index contributed by atoms with van der Waals surface area (Å²) < 4.78 is 11.3.